The molecule has 0 spiro atoms. The summed E-state index contributed by atoms with van der Waals surface area (Å²) in [5.41, 5.74) is 2.45. The number of carbonyl (C=O) groups excluding carboxylic acids is 1. The Labute approximate surface area is 139 Å². The lowest BCUT2D eigenvalue weighted by atomic mass is 9.85. The van der Waals surface area contributed by atoms with E-state index in [0.717, 1.165) is 12.8 Å². The second-order valence-electron chi connectivity index (χ2n) is 6.45. The molecule has 0 aromatic heterocycles. The minimum Gasteiger partial charge on any atom is -0.338 e. The summed E-state index contributed by atoms with van der Waals surface area (Å²) in [5.74, 6) is 0. The standard InChI is InChI=1S/C20H26N2O/c1-20(2,18-13-7-4-8-14-18)16-22-19(23)21-15-9-12-17-10-5-3-6-11-17/h3-8,10-11,13-14H,9,12,15-16H2,1-2H3,(H2,21,22,23). The summed E-state index contributed by atoms with van der Waals surface area (Å²) in [4.78, 5) is 11.9. The molecule has 122 valence electrons. The topological polar surface area (TPSA) is 41.1 Å². The molecular weight excluding hydrogens is 284 g/mol. The van der Waals surface area contributed by atoms with E-state index in [1.54, 1.807) is 0 Å². The van der Waals surface area contributed by atoms with E-state index < -0.39 is 0 Å². The van der Waals surface area contributed by atoms with Crippen LogP contribution in [0.15, 0.2) is 60.7 Å². The molecule has 2 rings (SSSR count). The van der Waals surface area contributed by atoms with Gasteiger partial charge in [-0.15, -0.1) is 0 Å². The van der Waals surface area contributed by atoms with Crippen LogP contribution >= 0.6 is 0 Å². The van der Waals surface area contributed by atoms with Gasteiger partial charge in [-0.05, 0) is 24.0 Å². The zero-order valence-corrected chi connectivity index (χ0v) is 14.0. The summed E-state index contributed by atoms with van der Waals surface area (Å²) in [6.45, 7) is 5.57. The lowest BCUT2D eigenvalue weighted by Crippen LogP contribution is -2.42. The van der Waals surface area contributed by atoms with E-state index in [1.807, 2.05) is 36.4 Å². The third-order valence-corrected chi connectivity index (χ3v) is 4.02. The maximum Gasteiger partial charge on any atom is 0.314 e. The molecule has 3 nitrogen and oxygen atoms in total. The van der Waals surface area contributed by atoms with Crippen molar-refractivity contribution >= 4 is 6.03 Å². The molecule has 0 unspecified atom stereocenters. The first kappa shape index (κ1) is 17.1. The molecule has 0 saturated heterocycles. The van der Waals surface area contributed by atoms with E-state index in [-0.39, 0.29) is 11.4 Å². The van der Waals surface area contributed by atoms with Gasteiger partial charge >= 0.3 is 6.03 Å². The Morgan fingerprint density at radius 2 is 1.52 bits per heavy atom. The fourth-order valence-corrected chi connectivity index (χ4v) is 2.49. The summed E-state index contributed by atoms with van der Waals surface area (Å²) >= 11 is 0. The summed E-state index contributed by atoms with van der Waals surface area (Å²) < 4.78 is 0. The van der Waals surface area contributed by atoms with Crippen LogP contribution in [-0.4, -0.2) is 19.1 Å². The quantitative estimate of drug-likeness (QED) is 0.748. The van der Waals surface area contributed by atoms with Crippen LogP contribution in [0.4, 0.5) is 4.79 Å². The number of carbonyl (C=O) groups is 1. The molecule has 0 aliphatic heterocycles. The van der Waals surface area contributed by atoms with Gasteiger partial charge < -0.3 is 10.6 Å². The predicted molar refractivity (Wildman–Crippen MR) is 95.6 cm³/mol. The smallest absolute Gasteiger partial charge is 0.314 e. The minimum atomic E-state index is -0.0953. The molecule has 3 heteroatoms. The minimum absolute atomic E-state index is 0.0807. The molecule has 2 aromatic carbocycles. The summed E-state index contributed by atoms with van der Waals surface area (Å²) in [7, 11) is 0. The maximum atomic E-state index is 11.9. The Morgan fingerprint density at radius 1 is 0.913 bits per heavy atom. The van der Waals surface area contributed by atoms with Crippen LogP contribution in [-0.2, 0) is 11.8 Å². The Balaban J connectivity index is 1.67. The molecule has 0 atom stereocenters. The molecule has 0 fully saturated rings. The number of urea groups is 1. The van der Waals surface area contributed by atoms with Gasteiger partial charge in [0.2, 0.25) is 0 Å². The zero-order valence-electron chi connectivity index (χ0n) is 14.0. The largest absolute Gasteiger partial charge is 0.338 e. The fourth-order valence-electron chi connectivity index (χ4n) is 2.49. The van der Waals surface area contributed by atoms with E-state index in [2.05, 4.69) is 48.7 Å². The average Bonchev–Trinajstić information content (AvgIpc) is 2.59. The van der Waals surface area contributed by atoms with Crippen molar-refractivity contribution in [3.63, 3.8) is 0 Å². The van der Waals surface area contributed by atoms with E-state index in [1.165, 1.54) is 11.1 Å². The number of rotatable bonds is 7. The molecule has 0 heterocycles. The molecular formula is C20H26N2O. The Hall–Kier alpha value is -2.29. The van der Waals surface area contributed by atoms with Crippen LogP contribution in [0.5, 0.6) is 0 Å². The van der Waals surface area contributed by atoms with Crippen LogP contribution in [0.2, 0.25) is 0 Å². The van der Waals surface area contributed by atoms with Crippen LogP contribution < -0.4 is 10.6 Å². The highest BCUT2D eigenvalue weighted by molar-refractivity contribution is 5.73. The van der Waals surface area contributed by atoms with Crippen LogP contribution in [0.3, 0.4) is 0 Å². The van der Waals surface area contributed by atoms with Crippen molar-refractivity contribution in [1.29, 1.82) is 0 Å². The molecule has 2 aromatic rings. The first-order valence-electron chi connectivity index (χ1n) is 8.19. The van der Waals surface area contributed by atoms with Crippen molar-refractivity contribution < 1.29 is 4.79 Å². The number of nitrogens with one attached hydrogen (secondary N) is 2. The molecule has 0 saturated carbocycles. The molecule has 2 amide bonds. The highest BCUT2D eigenvalue weighted by atomic mass is 16.2. The fraction of sp³-hybridized carbons (Fsp3) is 0.350. The third-order valence-electron chi connectivity index (χ3n) is 4.02. The average molecular weight is 310 g/mol. The van der Waals surface area contributed by atoms with Gasteiger partial charge in [0.05, 0.1) is 0 Å². The first-order chi connectivity index (χ1) is 11.1. The number of hydrogen-bond acceptors (Lipinski definition) is 1. The zero-order chi connectivity index (χ0) is 16.5. The lowest BCUT2D eigenvalue weighted by molar-refractivity contribution is 0.238. The van der Waals surface area contributed by atoms with Crippen molar-refractivity contribution in [1.82, 2.24) is 10.6 Å². The van der Waals surface area contributed by atoms with Crippen molar-refractivity contribution in [2.75, 3.05) is 13.1 Å². The van der Waals surface area contributed by atoms with Gasteiger partial charge in [-0.1, -0.05) is 74.5 Å². The van der Waals surface area contributed by atoms with E-state index in [9.17, 15) is 4.79 Å². The highest BCUT2D eigenvalue weighted by Crippen LogP contribution is 2.21. The maximum absolute atomic E-state index is 11.9. The molecule has 0 aliphatic rings. The van der Waals surface area contributed by atoms with Crippen molar-refractivity contribution in [2.45, 2.75) is 32.1 Å². The van der Waals surface area contributed by atoms with Crippen LogP contribution in [0.25, 0.3) is 0 Å². The Morgan fingerprint density at radius 3 is 2.17 bits per heavy atom. The molecule has 2 N–H and O–H groups in total. The van der Waals surface area contributed by atoms with E-state index in [4.69, 9.17) is 0 Å². The van der Waals surface area contributed by atoms with E-state index >= 15 is 0 Å². The van der Waals surface area contributed by atoms with E-state index in [0.29, 0.717) is 13.1 Å². The monoisotopic (exact) mass is 310 g/mol. The third kappa shape index (κ3) is 5.78. The van der Waals surface area contributed by atoms with Gasteiger partial charge in [0.25, 0.3) is 0 Å². The molecule has 0 bridgehead atoms. The van der Waals surface area contributed by atoms with Gasteiger partial charge in [-0.2, -0.15) is 0 Å². The van der Waals surface area contributed by atoms with Crippen molar-refractivity contribution in [3.8, 4) is 0 Å². The molecule has 0 radical (unpaired) electrons. The SMILES string of the molecule is CC(C)(CNC(=O)NCCCc1ccccc1)c1ccccc1. The van der Waals surface area contributed by atoms with Gasteiger partial charge in [0.15, 0.2) is 0 Å². The lowest BCUT2D eigenvalue weighted by Gasteiger charge is -2.25. The van der Waals surface area contributed by atoms with Crippen molar-refractivity contribution in [3.05, 3.63) is 71.8 Å². The first-order valence-corrected chi connectivity index (χ1v) is 8.19. The summed E-state index contributed by atoms with van der Waals surface area (Å²) in [5, 5.41) is 5.90. The van der Waals surface area contributed by atoms with Crippen LogP contribution in [0, 0.1) is 0 Å². The number of hydrogen-bond donors (Lipinski definition) is 2. The second-order valence-corrected chi connectivity index (χ2v) is 6.45. The number of aryl methyl sites for hydroxylation is 1. The number of benzene rings is 2. The Bertz CT molecular complexity index is 594. The highest BCUT2D eigenvalue weighted by Gasteiger charge is 2.20. The second kappa shape index (κ2) is 8.37. The normalized spacial score (nSPS) is 11.0. The number of amides is 2. The van der Waals surface area contributed by atoms with Crippen molar-refractivity contribution in [2.24, 2.45) is 0 Å². The van der Waals surface area contributed by atoms with Gasteiger partial charge in [-0.25, -0.2) is 4.79 Å². The van der Waals surface area contributed by atoms with Gasteiger partial charge in [0.1, 0.15) is 0 Å². The van der Waals surface area contributed by atoms with Crippen LogP contribution in [0.1, 0.15) is 31.4 Å². The molecule has 0 aliphatic carbocycles. The predicted octanol–water partition coefficient (Wildman–Crippen LogP) is 3.90. The van der Waals surface area contributed by atoms with Gasteiger partial charge in [0, 0.05) is 18.5 Å². The summed E-state index contributed by atoms with van der Waals surface area (Å²) in [6, 6.07) is 20.5. The van der Waals surface area contributed by atoms with Gasteiger partial charge in [-0.3, -0.25) is 0 Å². The molecule has 23 heavy (non-hydrogen) atoms. The Kier molecular flexibility index (Phi) is 6.21. The summed E-state index contributed by atoms with van der Waals surface area (Å²) in [6.07, 6.45) is 1.93.